The molecule has 0 unspecified atom stereocenters. The van der Waals surface area contributed by atoms with Gasteiger partial charge in [-0.2, -0.15) is 4.39 Å². The average Bonchev–Trinajstić information content (AvgIpc) is 2.28. The molecule has 0 saturated heterocycles. The summed E-state index contributed by atoms with van der Waals surface area (Å²) in [6.45, 7) is 0. The highest BCUT2D eigenvalue weighted by Crippen LogP contribution is 2.30. The number of hydrogen-bond acceptors (Lipinski definition) is 3. The second-order valence-electron chi connectivity index (χ2n) is 3.20. The Morgan fingerprint density at radius 2 is 2.06 bits per heavy atom. The molecule has 0 aliphatic carbocycles. The summed E-state index contributed by atoms with van der Waals surface area (Å²) in [5, 5.41) is 0. The van der Waals surface area contributed by atoms with E-state index in [0.29, 0.717) is 4.47 Å². The quantitative estimate of drug-likeness (QED) is 0.864. The Bertz CT molecular complexity index is 563. The van der Waals surface area contributed by atoms with Crippen molar-refractivity contribution in [1.29, 1.82) is 0 Å². The first-order valence-corrected chi connectivity index (χ1v) is 5.40. The number of hydrogen-bond donors (Lipinski definition) is 1. The zero-order valence-corrected chi connectivity index (χ0v) is 10.0. The van der Waals surface area contributed by atoms with Gasteiger partial charge in [-0.1, -0.05) is 15.9 Å². The van der Waals surface area contributed by atoms with E-state index in [4.69, 9.17) is 10.5 Å². The molecule has 0 amide bonds. The Morgan fingerprint density at radius 1 is 1.29 bits per heavy atom. The Labute approximate surface area is 104 Å². The number of nitrogen functional groups attached to an aromatic ring is 1. The molecule has 2 rings (SSSR count). The smallest absolute Gasteiger partial charge is 0.242 e. The van der Waals surface area contributed by atoms with Gasteiger partial charge in [-0.05, 0) is 24.3 Å². The SMILES string of the molecule is Nc1cccnc1Oc1cc(Br)cc(F)c1F. The monoisotopic (exact) mass is 300 g/mol. The lowest BCUT2D eigenvalue weighted by Gasteiger charge is -2.08. The maximum Gasteiger partial charge on any atom is 0.242 e. The van der Waals surface area contributed by atoms with E-state index in [-0.39, 0.29) is 17.3 Å². The van der Waals surface area contributed by atoms with E-state index in [0.717, 1.165) is 6.07 Å². The van der Waals surface area contributed by atoms with Gasteiger partial charge in [0.1, 0.15) is 0 Å². The lowest BCUT2D eigenvalue weighted by molar-refractivity contribution is 0.406. The number of pyridine rings is 1. The summed E-state index contributed by atoms with van der Waals surface area (Å²) in [6.07, 6.45) is 1.44. The van der Waals surface area contributed by atoms with Crippen LogP contribution in [0.2, 0.25) is 0 Å². The second-order valence-corrected chi connectivity index (χ2v) is 4.12. The van der Waals surface area contributed by atoms with Gasteiger partial charge in [0, 0.05) is 10.7 Å². The van der Waals surface area contributed by atoms with Gasteiger partial charge in [0.05, 0.1) is 5.69 Å². The van der Waals surface area contributed by atoms with E-state index in [1.807, 2.05) is 0 Å². The normalized spacial score (nSPS) is 10.3. The van der Waals surface area contributed by atoms with Crippen molar-refractivity contribution in [1.82, 2.24) is 4.98 Å². The first-order chi connectivity index (χ1) is 8.08. The van der Waals surface area contributed by atoms with Crippen LogP contribution in [-0.4, -0.2) is 4.98 Å². The fourth-order valence-corrected chi connectivity index (χ4v) is 1.61. The minimum absolute atomic E-state index is 0.0314. The molecule has 2 N–H and O–H groups in total. The molecular weight excluding hydrogens is 294 g/mol. The van der Waals surface area contributed by atoms with Crippen molar-refractivity contribution in [3.05, 3.63) is 46.6 Å². The van der Waals surface area contributed by atoms with Crippen LogP contribution in [0.15, 0.2) is 34.9 Å². The maximum atomic E-state index is 13.4. The molecule has 1 heterocycles. The van der Waals surface area contributed by atoms with Crippen LogP contribution in [0.3, 0.4) is 0 Å². The average molecular weight is 301 g/mol. The number of ether oxygens (including phenoxy) is 1. The zero-order valence-electron chi connectivity index (χ0n) is 8.45. The lowest BCUT2D eigenvalue weighted by Crippen LogP contribution is -1.97. The summed E-state index contributed by atoms with van der Waals surface area (Å²) in [7, 11) is 0. The van der Waals surface area contributed by atoms with E-state index >= 15 is 0 Å². The summed E-state index contributed by atoms with van der Waals surface area (Å²) in [5.41, 5.74) is 5.82. The molecule has 88 valence electrons. The minimum Gasteiger partial charge on any atom is -0.434 e. The number of aromatic nitrogens is 1. The molecule has 17 heavy (non-hydrogen) atoms. The van der Waals surface area contributed by atoms with Crippen LogP contribution >= 0.6 is 15.9 Å². The molecule has 0 aliphatic rings. The first-order valence-electron chi connectivity index (χ1n) is 4.61. The molecule has 0 aliphatic heterocycles. The topological polar surface area (TPSA) is 48.1 Å². The molecule has 0 spiro atoms. The molecule has 1 aromatic heterocycles. The summed E-state index contributed by atoms with van der Waals surface area (Å²) in [4.78, 5) is 3.82. The maximum absolute atomic E-state index is 13.4. The lowest BCUT2D eigenvalue weighted by atomic mass is 10.3. The molecule has 0 atom stereocenters. The first kappa shape index (κ1) is 11.8. The molecule has 1 aromatic carbocycles. The summed E-state index contributed by atoms with van der Waals surface area (Å²) in [6, 6.07) is 5.46. The molecule has 0 saturated carbocycles. The third-order valence-electron chi connectivity index (χ3n) is 1.97. The predicted molar refractivity (Wildman–Crippen MR) is 62.8 cm³/mol. The predicted octanol–water partition coefficient (Wildman–Crippen LogP) is 3.50. The number of nitrogens with two attached hydrogens (primary N) is 1. The van der Waals surface area contributed by atoms with E-state index in [1.54, 1.807) is 12.1 Å². The minimum atomic E-state index is -1.08. The fraction of sp³-hybridized carbons (Fsp3) is 0. The molecule has 2 aromatic rings. The van der Waals surface area contributed by atoms with Crippen LogP contribution in [-0.2, 0) is 0 Å². The van der Waals surface area contributed by atoms with Crippen LogP contribution in [0.5, 0.6) is 11.6 Å². The molecule has 0 fully saturated rings. The highest BCUT2D eigenvalue weighted by atomic mass is 79.9. The Balaban J connectivity index is 2.40. The molecule has 0 radical (unpaired) electrons. The summed E-state index contributed by atoms with van der Waals surface area (Å²) >= 11 is 3.04. The van der Waals surface area contributed by atoms with E-state index in [1.165, 1.54) is 12.3 Å². The van der Waals surface area contributed by atoms with Gasteiger partial charge >= 0.3 is 0 Å². The van der Waals surface area contributed by atoms with Crippen molar-refractivity contribution in [3.8, 4) is 11.6 Å². The van der Waals surface area contributed by atoms with Crippen molar-refractivity contribution in [3.63, 3.8) is 0 Å². The van der Waals surface area contributed by atoms with Gasteiger partial charge in [0.25, 0.3) is 0 Å². The highest BCUT2D eigenvalue weighted by Gasteiger charge is 2.13. The van der Waals surface area contributed by atoms with Crippen LogP contribution in [0, 0.1) is 11.6 Å². The van der Waals surface area contributed by atoms with Gasteiger partial charge in [0.2, 0.25) is 11.7 Å². The molecule has 6 heteroatoms. The molecular formula is C11H7BrF2N2O. The number of benzene rings is 1. The summed E-state index contributed by atoms with van der Waals surface area (Å²) in [5.74, 6) is -2.34. The second kappa shape index (κ2) is 4.67. The number of halogens is 3. The van der Waals surface area contributed by atoms with E-state index < -0.39 is 11.6 Å². The highest BCUT2D eigenvalue weighted by molar-refractivity contribution is 9.10. The van der Waals surface area contributed by atoms with Crippen molar-refractivity contribution in [2.24, 2.45) is 0 Å². The molecule has 0 bridgehead atoms. The number of rotatable bonds is 2. The number of anilines is 1. The third-order valence-corrected chi connectivity index (χ3v) is 2.42. The van der Waals surface area contributed by atoms with Crippen molar-refractivity contribution < 1.29 is 13.5 Å². The standard InChI is InChI=1S/C11H7BrF2N2O/c12-6-4-7(13)10(14)9(5-6)17-11-8(15)2-1-3-16-11/h1-5H,15H2. The van der Waals surface area contributed by atoms with Crippen LogP contribution in [0.1, 0.15) is 0 Å². The fourth-order valence-electron chi connectivity index (χ4n) is 1.20. The van der Waals surface area contributed by atoms with Crippen molar-refractivity contribution >= 4 is 21.6 Å². The van der Waals surface area contributed by atoms with E-state index in [2.05, 4.69) is 20.9 Å². The van der Waals surface area contributed by atoms with Gasteiger partial charge in [-0.15, -0.1) is 0 Å². The van der Waals surface area contributed by atoms with Gasteiger partial charge in [0.15, 0.2) is 11.6 Å². The Morgan fingerprint density at radius 3 is 2.76 bits per heavy atom. The van der Waals surface area contributed by atoms with Crippen molar-refractivity contribution in [2.45, 2.75) is 0 Å². The summed E-state index contributed by atoms with van der Waals surface area (Å²) < 4.78 is 32.0. The number of nitrogens with zero attached hydrogens (tertiary/aromatic N) is 1. The Kier molecular flexibility index (Phi) is 3.23. The Hall–Kier alpha value is -1.69. The zero-order chi connectivity index (χ0) is 12.4. The van der Waals surface area contributed by atoms with Gasteiger partial charge in [-0.25, -0.2) is 9.37 Å². The third kappa shape index (κ3) is 2.52. The van der Waals surface area contributed by atoms with E-state index in [9.17, 15) is 8.78 Å². The van der Waals surface area contributed by atoms with Gasteiger partial charge < -0.3 is 10.5 Å². The van der Waals surface area contributed by atoms with Gasteiger partial charge in [-0.3, -0.25) is 0 Å². The molecule has 3 nitrogen and oxygen atoms in total. The van der Waals surface area contributed by atoms with Crippen LogP contribution < -0.4 is 10.5 Å². The van der Waals surface area contributed by atoms with Crippen LogP contribution in [0.4, 0.5) is 14.5 Å². The van der Waals surface area contributed by atoms with Crippen LogP contribution in [0.25, 0.3) is 0 Å². The van der Waals surface area contributed by atoms with Crippen molar-refractivity contribution in [2.75, 3.05) is 5.73 Å². The largest absolute Gasteiger partial charge is 0.434 e.